The fourth-order valence-corrected chi connectivity index (χ4v) is 11.4. The van der Waals surface area contributed by atoms with Gasteiger partial charge in [-0.3, -0.25) is 4.79 Å². The Morgan fingerprint density at radius 3 is 2.13 bits per heavy atom. The lowest BCUT2D eigenvalue weighted by Gasteiger charge is -2.63. The highest BCUT2D eigenvalue weighted by Gasteiger charge is 2.65. The topological polar surface area (TPSA) is 89.8 Å². The van der Waals surface area contributed by atoms with Gasteiger partial charge in [-0.2, -0.15) is 0 Å². The molecule has 5 nitrogen and oxygen atoms in total. The van der Waals surface area contributed by atoms with Crippen LogP contribution in [0, 0.1) is 46.3 Å². The van der Waals surface area contributed by atoms with E-state index < -0.39 is 0 Å². The summed E-state index contributed by atoms with van der Waals surface area (Å²) in [6.07, 6.45) is 29.8. The van der Waals surface area contributed by atoms with E-state index in [0.29, 0.717) is 36.0 Å². The summed E-state index contributed by atoms with van der Waals surface area (Å²) in [7, 11) is 0. The highest BCUT2D eigenvalue weighted by atomic mass is 16.3. The van der Waals surface area contributed by atoms with Gasteiger partial charge in [0.2, 0.25) is 5.91 Å². The summed E-state index contributed by atoms with van der Waals surface area (Å²) in [5, 5.41) is 36.9. The summed E-state index contributed by atoms with van der Waals surface area (Å²) in [5.41, 5.74) is -0.0868. The molecule has 0 saturated heterocycles. The molecule has 4 aliphatic carbocycles. The van der Waals surface area contributed by atoms with Crippen LogP contribution in [0.3, 0.4) is 0 Å². The van der Waals surface area contributed by atoms with Crippen LogP contribution in [0.4, 0.5) is 0 Å². The van der Waals surface area contributed by atoms with E-state index in [4.69, 9.17) is 0 Å². The van der Waals surface area contributed by atoms with Gasteiger partial charge in [0.25, 0.3) is 0 Å². The lowest BCUT2D eigenvalue weighted by molar-refractivity contribution is -0.207. The quantitative estimate of drug-likeness (QED) is 0.0776. The smallest absolute Gasteiger partial charge is 0.220 e. The number of fused-ring (bicyclic) bond motifs is 5. The summed E-state index contributed by atoms with van der Waals surface area (Å²) < 4.78 is 0. The first-order valence-electron chi connectivity index (χ1n) is 20.6. The Morgan fingerprint density at radius 1 is 0.809 bits per heavy atom. The van der Waals surface area contributed by atoms with Crippen LogP contribution in [0.25, 0.3) is 0 Å². The second-order valence-corrected chi connectivity index (χ2v) is 17.3. The zero-order chi connectivity index (χ0) is 33.9. The van der Waals surface area contributed by atoms with Gasteiger partial charge in [0.05, 0.1) is 18.3 Å². The molecular formula is C42H75NO4. The summed E-state index contributed by atoms with van der Waals surface area (Å²) in [6.45, 7) is 10.1. The molecule has 11 atom stereocenters. The van der Waals surface area contributed by atoms with Crippen LogP contribution < -0.4 is 5.32 Å². The second kappa shape index (κ2) is 18.9. The van der Waals surface area contributed by atoms with E-state index in [1.54, 1.807) is 0 Å². The minimum absolute atomic E-state index is 0.108. The molecule has 0 heterocycles. The minimum atomic E-state index is -0.362. The van der Waals surface area contributed by atoms with Crippen molar-refractivity contribution >= 4 is 5.91 Å². The van der Waals surface area contributed by atoms with Gasteiger partial charge in [-0.05, 0) is 130 Å². The molecule has 0 unspecified atom stereocenters. The SMILES string of the molecule is CCCCCCCC/C=C\CCCCCCCCNC(=O)CC[C@@H](C)[C@H]1CC[C@H]2[C@@H]3[C@H](O)C[C@@H]4C[C@H](O)CC[C@]4(C)[C@H]3C[C@H](O)[C@]12C. The van der Waals surface area contributed by atoms with Gasteiger partial charge in [-0.25, -0.2) is 0 Å². The van der Waals surface area contributed by atoms with Crippen molar-refractivity contribution in [2.24, 2.45) is 46.3 Å². The molecule has 0 aromatic rings. The highest BCUT2D eigenvalue weighted by molar-refractivity contribution is 5.75. The largest absolute Gasteiger partial charge is 0.393 e. The van der Waals surface area contributed by atoms with E-state index in [9.17, 15) is 20.1 Å². The molecule has 0 spiro atoms. The van der Waals surface area contributed by atoms with E-state index in [1.165, 1.54) is 83.5 Å². The van der Waals surface area contributed by atoms with E-state index in [2.05, 4.69) is 45.2 Å². The van der Waals surface area contributed by atoms with Crippen molar-refractivity contribution in [3.63, 3.8) is 0 Å². The van der Waals surface area contributed by atoms with Crippen molar-refractivity contribution in [3.8, 4) is 0 Å². The minimum Gasteiger partial charge on any atom is -0.393 e. The normalized spacial score (nSPS) is 37.3. The predicted octanol–water partition coefficient (Wildman–Crippen LogP) is 9.52. The zero-order valence-corrected chi connectivity index (χ0v) is 31.1. The number of hydrogen-bond acceptors (Lipinski definition) is 4. The van der Waals surface area contributed by atoms with E-state index in [0.717, 1.165) is 64.3 Å². The van der Waals surface area contributed by atoms with E-state index in [1.807, 2.05) is 0 Å². The maximum atomic E-state index is 12.8. The molecular weight excluding hydrogens is 582 g/mol. The molecule has 4 N–H and O–H groups in total. The molecule has 0 aliphatic heterocycles. The first-order valence-corrected chi connectivity index (χ1v) is 20.6. The van der Waals surface area contributed by atoms with E-state index in [-0.39, 0.29) is 41.0 Å². The predicted molar refractivity (Wildman–Crippen MR) is 195 cm³/mol. The molecule has 4 saturated carbocycles. The van der Waals surface area contributed by atoms with Crippen LogP contribution in [0.1, 0.15) is 175 Å². The van der Waals surface area contributed by atoms with Crippen LogP contribution in [-0.4, -0.2) is 46.1 Å². The van der Waals surface area contributed by atoms with Gasteiger partial charge in [0, 0.05) is 13.0 Å². The van der Waals surface area contributed by atoms with Gasteiger partial charge in [0.15, 0.2) is 0 Å². The lowest BCUT2D eigenvalue weighted by Crippen LogP contribution is -2.62. The second-order valence-electron chi connectivity index (χ2n) is 17.3. The Hall–Kier alpha value is -0.910. The monoisotopic (exact) mass is 658 g/mol. The highest BCUT2D eigenvalue weighted by Crippen LogP contribution is 2.68. The lowest BCUT2D eigenvalue weighted by atomic mass is 9.43. The molecule has 4 aliphatic rings. The summed E-state index contributed by atoms with van der Waals surface area (Å²) in [4.78, 5) is 12.8. The number of aliphatic hydroxyl groups is 3. The number of amides is 1. The van der Waals surface area contributed by atoms with Gasteiger partial charge < -0.3 is 20.6 Å². The van der Waals surface area contributed by atoms with Gasteiger partial charge >= 0.3 is 0 Å². The van der Waals surface area contributed by atoms with Crippen molar-refractivity contribution in [3.05, 3.63) is 12.2 Å². The maximum absolute atomic E-state index is 12.8. The van der Waals surface area contributed by atoms with Crippen molar-refractivity contribution in [1.82, 2.24) is 5.32 Å². The number of carbonyl (C=O) groups is 1. The fourth-order valence-electron chi connectivity index (χ4n) is 11.4. The Bertz CT molecular complexity index is 953. The molecule has 5 heteroatoms. The average molecular weight is 658 g/mol. The first-order chi connectivity index (χ1) is 22.6. The van der Waals surface area contributed by atoms with Crippen LogP contribution in [0.5, 0.6) is 0 Å². The standard InChI is InChI=1S/C42H75NO4/c1-5-6-7-8-9-10-11-12-13-14-15-16-17-18-19-20-27-43-39(47)24-21-31(2)34-22-23-35-40-36(30-38(46)42(34,35)4)41(3)26-25-33(44)28-32(41)29-37(40)45/h12-13,31-38,40,44-46H,5-11,14-30H2,1-4H3,(H,43,47)/b13-12-/t31-,32+,33-,34-,35+,36+,37-,38+,40+,41+,42-/m1/s1. The number of rotatable bonds is 20. The molecule has 47 heavy (non-hydrogen) atoms. The van der Waals surface area contributed by atoms with Gasteiger partial charge in [0.1, 0.15) is 0 Å². The zero-order valence-electron chi connectivity index (χ0n) is 31.1. The van der Waals surface area contributed by atoms with Gasteiger partial charge in [-0.1, -0.05) is 97.6 Å². The molecule has 0 radical (unpaired) electrons. The summed E-state index contributed by atoms with van der Waals surface area (Å²) >= 11 is 0. The summed E-state index contributed by atoms with van der Waals surface area (Å²) in [6, 6.07) is 0. The molecule has 0 bridgehead atoms. The first kappa shape index (κ1) is 38.9. The van der Waals surface area contributed by atoms with Crippen molar-refractivity contribution < 1.29 is 20.1 Å². The number of aliphatic hydroxyl groups excluding tert-OH is 3. The Morgan fingerprint density at radius 2 is 1.45 bits per heavy atom. The van der Waals surface area contributed by atoms with Crippen molar-refractivity contribution in [2.45, 2.75) is 194 Å². The van der Waals surface area contributed by atoms with Crippen LogP contribution in [0.15, 0.2) is 12.2 Å². The Kier molecular flexibility index (Phi) is 15.6. The molecule has 1 amide bonds. The molecule has 4 rings (SSSR count). The van der Waals surface area contributed by atoms with Crippen LogP contribution in [0.2, 0.25) is 0 Å². The fraction of sp³-hybridized carbons (Fsp3) is 0.929. The third kappa shape index (κ3) is 9.87. The molecule has 4 fully saturated rings. The number of allylic oxidation sites excluding steroid dienone is 2. The maximum Gasteiger partial charge on any atom is 0.220 e. The van der Waals surface area contributed by atoms with E-state index >= 15 is 0 Å². The van der Waals surface area contributed by atoms with Gasteiger partial charge in [-0.15, -0.1) is 0 Å². The van der Waals surface area contributed by atoms with Crippen molar-refractivity contribution in [2.75, 3.05) is 6.54 Å². The number of unbranched alkanes of at least 4 members (excludes halogenated alkanes) is 12. The number of carbonyl (C=O) groups excluding carboxylic acids is 1. The number of hydrogen-bond donors (Lipinski definition) is 4. The average Bonchev–Trinajstić information content (AvgIpc) is 3.41. The number of nitrogens with one attached hydrogen (secondary N) is 1. The summed E-state index contributed by atoms with van der Waals surface area (Å²) in [5.74, 6) is 2.21. The van der Waals surface area contributed by atoms with Crippen molar-refractivity contribution in [1.29, 1.82) is 0 Å². The molecule has 272 valence electrons. The molecule has 0 aromatic heterocycles. The molecule has 0 aromatic carbocycles. The van der Waals surface area contributed by atoms with Crippen LogP contribution >= 0.6 is 0 Å². The Labute approximate surface area is 289 Å². The Balaban J connectivity index is 1.08. The van der Waals surface area contributed by atoms with Crippen LogP contribution in [-0.2, 0) is 4.79 Å². The third-order valence-corrected chi connectivity index (χ3v) is 14.4. The third-order valence-electron chi connectivity index (χ3n) is 14.4.